The van der Waals surface area contributed by atoms with Crippen LogP contribution in [0.5, 0.6) is 11.5 Å². The maximum Gasteiger partial charge on any atom is 0.317 e. The lowest BCUT2D eigenvalue weighted by Gasteiger charge is -2.23. The SMILES string of the molecule is COc1c(F)c(F)cc2c1OCC(C(=O)O)C2=O. The molecule has 0 amide bonds. The molecule has 1 N–H and O–H groups in total. The second-order valence-corrected chi connectivity index (χ2v) is 3.65. The van der Waals surface area contributed by atoms with Gasteiger partial charge >= 0.3 is 5.97 Å². The highest BCUT2D eigenvalue weighted by atomic mass is 19.2. The minimum Gasteiger partial charge on any atom is -0.490 e. The molecule has 0 radical (unpaired) electrons. The Morgan fingerprint density at radius 1 is 1.56 bits per heavy atom. The molecule has 5 nitrogen and oxygen atoms in total. The van der Waals surface area contributed by atoms with Gasteiger partial charge in [0.1, 0.15) is 6.61 Å². The Balaban J connectivity index is 2.60. The van der Waals surface area contributed by atoms with Gasteiger partial charge in [-0.25, -0.2) is 4.39 Å². The Kier molecular flexibility index (Phi) is 2.90. The van der Waals surface area contributed by atoms with Gasteiger partial charge in [0.15, 0.2) is 23.3 Å². The van der Waals surface area contributed by atoms with Gasteiger partial charge in [0.2, 0.25) is 11.6 Å². The molecule has 96 valence electrons. The number of carbonyl (C=O) groups excluding carboxylic acids is 1. The highest BCUT2D eigenvalue weighted by Gasteiger charge is 2.37. The monoisotopic (exact) mass is 258 g/mol. The molecule has 0 fully saturated rings. The van der Waals surface area contributed by atoms with E-state index >= 15 is 0 Å². The van der Waals surface area contributed by atoms with Gasteiger partial charge in [-0.3, -0.25) is 9.59 Å². The Morgan fingerprint density at radius 3 is 2.78 bits per heavy atom. The summed E-state index contributed by atoms with van der Waals surface area (Å²) in [7, 11) is 1.09. The van der Waals surface area contributed by atoms with Crippen LogP contribution in [0.15, 0.2) is 6.07 Å². The molecule has 7 heteroatoms. The number of benzene rings is 1. The van der Waals surface area contributed by atoms with Crippen LogP contribution < -0.4 is 9.47 Å². The van der Waals surface area contributed by atoms with Crippen LogP contribution in [-0.4, -0.2) is 30.6 Å². The number of methoxy groups -OCH3 is 1. The largest absolute Gasteiger partial charge is 0.490 e. The van der Waals surface area contributed by atoms with E-state index in [1.807, 2.05) is 0 Å². The predicted octanol–water partition coefficient (Wildman–Crippen LogP) is 1.25. The number of aliphatic carboxylic acids is 1. The van der Waals surface area contributed by atoms with E-state index in [2.05, 4.69) is 4.74 Å². The van der Waals surface area contributed by atoms with Crippen LogP contribution in [0, 0.1) is 17.6 Å². The van der Waals surface area contributed by atoms with Gasteiger partial charge in [0.25, 0.3) is 0 Å². The minimum absolute atomic E-state index is 0.265. The maximum absolute atomic E-state index is 13.4. The van der Waals surface area contributed by atoms with Crippen molar-refractivity contribution < 1.29 is 33.0 Å². The van der Waals surface area contributed by atoms with Crippen LogP contribution in [0.25, 0.3) is 0 Å². The summed E-state index contributed by atoms with van der Waals surface area (Å²) in [6, 6.07) is 0.616. The van der Waals surface area contributed by atoms with Crippen molar-refractivity contribution in [1.29, 1.82) is 0 Å². The van der Waals surface area contributed by atoms with E-state index in [1.54, 1.807) is 0 Å². The fourth-order valence-electron chi connectivity index (χ4n) is 1.71. The highest BCUT2D eigenvalue weighted by Crippen LogP contribution is 2.39. The number of carboxylic acid groups (broad SMARTS) is 1. The van der Waals surface area contributed by atoms with Crippen molar-refractivity contribution in [2.24, 2.45) is 5.92 Å². The minimum atomic E-state index is -1.42. The average Bonchev–Trinajstić information content (AvgIpc) is 2.32. The molecule has 1 aliphatic rings. The first-order valence-corrected chi connectivity index (χ1v) is 4.93. The molecule has 0 aromatic heterocycles. The fourth-order valence-corrected chi connectivity index (χ4v) is 1.71. The fraction of sp³-hybridized carbons (Fsp3) is 0.273. The number of Topliss-reactive ketones (excluding diaryl/α,β-unsaturated/α-hetero) is 1. The van der Waals surface area contributed by atoms with E-state index in [4.69, 9.17) is 9.84 Å². The quantitative estimate of drug-likeness (QED) is 0.808. The summed E-state index contributed by atoms with van der Waals surface area (Å²) in [6.45, 7) is -0.442. The molecular formula is C11H8F2O5. The topological polar surface area (TPSA) is 72.8 Å². The van der Waals surface area contributed by atoms with Crippen molar-refractivity contribution in [3.05, 3.63) is 23.3 Å². The summed E-state index contributed by atoms with van der Waals surface area (Å²) in [4.78, 5) is 22.6. The molecule has 18 heavy (non-hydrogen) atoms. The Morgan fingerprint density at radius 2 is 2.22 bits per heavy atom. The summed E-state index contributed by atoms with van der Waals surface area (Å²) in [5.41, 5.74) is -0.329. The van der Waals surface area contributed by atoms with Crippen molar-refractivity contribution in [3.8, 4) is 11.5 Å². The molecule has 0 aliphatic carbocycles. The van der Waals surface area contributed by atoms with Crippen molar-refractivity contribution in [3.63, 3.8) is 0 Å². The Bertz CT molecular complexity index is 541. The Labute approximate surface area is 99.9 Å². The van der Waals surface area contributed by atoms with Gasteiger partial charge in [-0.2, -0.15) is 4.39 Å². The van der Waals surface area contributed by atoms with Gasteiger partial charge in [0, 0.05) is 0 Å². The third-order valence-corrected chi connectivity index (χ3v) is 2.61. The molecular weight excluding hydrogens is 250 g/mol. The molecule has 0 spiro atoms. The van der Waals surface area contributed by atoms with Gasteiger partial charge in [0.05, 0.1) is 12.7 Å². The number of hydrogen-bond acceptors (Lipinski definition) is 4. The smallest absolute Gasteiger partial charge is 0.317 e. The lowest BCUT2D eigenvalue weighted by atomic mass is 9.94. The normalized spacial score (nSPS) is 17.9. The Hall–Kier alpha value is -2.18. The maximum atomic E-state index is 13.4. The summed E-state index contributed by atoms with van der Waals surface area (Å²) in [5.74, 6) is -7.02. The summed E-state index contributed by atoms with van der Waals surface area (Å²) < 4.78 is 36.2. The van der Waals surface area contributed by atoms with Gasteiger partial charge in [-0.05, 0) is 6.07 Å². The molecule has 1 unspecified atom stereocenters. The number of hydrogen-bond donors (Lipinski definition) is 1. The molecule has 0 saturated carbocycles. The van der Waals surface area contributed by atoms with Gasteiger partial charge in [-0.1, -0.05) is 0 Å². The molecule has 0 saturated heterocycles. The summed E-state index contributed by atoms with van der Waals surface area (Å²) >= 11 is 0. The van der Waals surface area contributed by atoms with Crippen LogP contribution in [0.3, 0.4) is 0 Å². The summed E-state index contributed by atoms with van der Waals surface area (Å²) in [6.07, 6.45) is 0. The first-order valence-electron chi connectivity index (χ1n) is 4.93. The van der Waals surface area contributed by atoms with Crippen molar-refractivity contribution >= 4 is 11.8 Å². The predicted molar refractivity (Wildman–Crippen MR) is 53.9 cm³/mol. The third-order valence-electron chi connectivity index (χ3n) is 2.61. The van der Waals surface area contributed by atoms with Crippen molar-refractivity contribution in [1.82, 2.24) is 0 Å². The lowest BCUT2D eigenvalue weighted by Crippen LogP contribution is -2.34. The van der Waals surface area contributed by atoms with E-state index in [1.165, 1.54) is 0 Å². The van der Waals surface area contributed by atoms with Crippen molar-refractivity contribution in [2.45, 2.75) is 0 Å². The van der Waals surface area contributed by atoms with Crippen LogP contribution in [0.1, 0.15) is 10.4 Å². The van der Waals surface area contributed by atoms with E-state index in [-0.39, 0.29) is 11.3 Å². The second kappa shape index (κ2) is 4.25. The molecule has 2 rings (SSSR count). The van der Waals surface area contributed by atoms with Gasteiger partial charge < -0.3 is 14.6 Å². The van der Waals surface area contributed by atoms with E-state index < -0.39 is 41.7 Å². The van der Waals surface area contributed by atoms with E-state index in [0.29, 0.717) is 6.07 Å². The first-order chi connectivity index (χ1) is 8.47. The van der Waals surface area contributed by atoms with Crippen LogP contribution in [0.2, 0.25) is 0 Å². The van der Waals surface area contributed by atoms with Crippen LogP contribution >= 0.6 is 0 Å². The molecule has 1 heterocycles. The summed E-state index contributed by atoms with van der Waals surface area (Å²) in [5, 5.41) is 8.78. The number of carbonyl (C=O) groups is 2. The molecule has 0 bridgehead atoms. The van der Waals surface area contributed by atoms with Crippen molar-refractivity contribution in [2.75, 3.05) is 13.7 Å². The number of ether oxygens (including phenoxy) is 2. The molecule has 1 aliphatic heterocycles. The standard InChI is InChI=1S/C11H8F2O5/c1-17-10-7(13)6(12)2-4-8(14)5(11(15)16)3-18-9(4)10/h2,5H,3H2,1H3,(H,15,16). The average molecular weight is 258 g/mol. The molecule has 1 aromatic carbocycles. The first kappa shape index (κ1) is 12.3. The zero-order valence-corrected chi connectivity index (χ0v) is 9.20. The van der Waals surface area contributed by atoms with Crippen LogP contribution in [-0.2, 0) is 4.79 Å². The van der Waals surface area contributed by atoms with Crippen LogP contribution in [0.4, 0.5) is 8.78 Å². The number of ketones is 1. The highest BCUT2D eigenvalue weighted by molar-refractivity contribution is 6.11. The number of fused-ring (bicyclic) bond motifs is 1. The number of carboxylic acids is 1. The second-order valence-electron chi connectivity index (χ2n) is 3.65. The van der Waals surface area contributed by atoms with Gasteiger partial charge in [-0.15, -0.1) is 0 Å². The number of rotatable bonds is 2. The lowest BCUT2D eigenvalue weighted by molar-refractivity contribution is -0.141. The zero-order valence-electron chi connectivity index (χ0n) is 9.20. The zero-order chi connectivity index (χ0) is 13.4. The van der Waals surface area contributed by atoms with E-state index in [0.717, 1.165) is 7.11 Å². The van der Waals surface area contributed by atoms with E-state index in [9.17, 15) is 18.4 Å². The molecule has 1 aromatic rings. The number of halogens is 2. The third kappa shape index (κ3) is 1.68. The molecule has 1 atom stereocenters.